The van der Waals surface area contributed by atoms with E-state index in [1.165, 1.54) is 0 Å². The summed E-state index contributed by atoms with van der Waals surface area (Å²) in [6.07, 6.45) is -0.0124. The van der Waals surface area contributed by atoms with Crippen molar-refractivity contribution in [1.82, 2.24) is 0 Å². The largest absolute Gasteiger partial charge is 0.459 e. The Kier molecular flexibility index (Phi) is 5.78. The van der Waals surface area contributed by atoms with Crippen molar-refractivity contribution < 1.29 is 19.1 Å². The molecule has 1 unspecified atom stereocenters. The lowest BCUT2D eigenvalue weighted by Crippen LogP contribution is -2.28. The van der Waals surface area contributed by atoms with Crippen LogP contribution in [0.2, 0.25) is 0 Å². The molecule has 1 heterocycles. The second kappa shape index (κ2) is 8.25. The van der Waals surface area contributed by atoms with Crippen LogP contribution in [0.15, 0.2) is 48.5 Å². The Balaban J connectivity index is 1.62. The lowest BCUT2D eigenvalue weighted by atomic mass is 10.1. The van der Waals surface area contributed by atoms with Crippen LogP contribution >= 0.6 is 0 Å². The van der Waals surface area contributed by atoms with Gasteiger partial charge in [-0.2, -0.15) is 0 Å². The zero-order valence-electron chi connectivity index (χ0n) is 16.3. The van der Waals surface area contributed by atoms with Crippen LogP contribution in [0.3, 0.4) is 0 Å². The van der Waals surface area contributed by atoms with Crippen molar-refractivity contribution in [2.45, 2.75) is 33.3 Å². The molecule has 2 aromatic carbocycles. The first kappa shape index (κ1) is 19.6. The van der Waals surface area contributed by atoms with Gasteiger partial charge in [-0.15, -0.1) is 0 Å². The number of nitrogens with one attached hydrogen (secondary N) is 1. The van der Waals surface area contributed by atoms with Crippen molar-refractivity contribution in [3.05, 3.63) is 59.7 Å². The molecular formula is C22H24N2O4. The van der Waals surface area contributed by atoms with E-state index in [4.69, 9.17) is 4.74 Å². The Morgan fingerprint density at radius 1 is 1.14 bits per heavy atom. The Bertz CT molecular complexity index is 890. The molecule has 28 heavy (non-hydrogen) atoms. The number of aryl methyl sites for hydroxylation is 1. The SMILES string of the molecule is Cc1cccc(N2CC(C(=O)Nc3ccc(C(=O)OC(C)C)cc3)CC2=O)c1. The molecule has 1 atom stereocenters. The molecule has 1 saturated heterocycles. The van der Waals surface area contributed by atoms with E-state index in [9.17, 15) is 14.4 Å². The molecule has 1 fully saturated rings. The molecule has 3 rings (SSSR count). The van der Waals surface area contributed by atoms with E-state index in [1.807, 2.05) is 31.2 Å². The summed E-state index contributed by atoms with van der Waals surface area (Å²) in [5, 5.41) is 2.82. The molecule has 1 aliphatic heterocycles. The molecule has 0 bridgehead atoms. The first-order valence-corrected chi connectivity index (χ1v) is 9.32. The van der Waals surface area contributed by atoms with Crippen LogP contribution in [0.25, 0.3) is 0 Å². The number of benzene rings is 2. The average molecular weight is 380 g/mol. The topological polar surface area (TPSA) is 75.7 Å². The lowest BCUT2D eigenvalue weighted by Gasteiger charge is -2.17. The van der Waals surface area contributed by atoms with Gasteiger partial charge in [-0.05, 0) is 62.7 Å². The number of rotatable bonds is 5. The van der Waals surface area contributed by atoms with Crippen molar-refractivity contribution >= 4 is 29.2 Å². The molecular weight excluding hydrogens is 356 g/mol. The summed E-state index contributed by atoms with van der Waals surface area (Å²) in [6.45, 7) is 5.90. The van der Waals surface area contributed by atoms with Crippen LogP contribution < -0.4 is 10.2 Å². The summed E-state index contributed by atoms with van der Waals surface area (Å²) < 4.78 is 5.14. The monoisotopic (exact) mass is 380 g/mol. The maximum absolute atomic E-state index is 12.6. The van der Waals surface area contributed by atoms with Crippen molar-refractivity contribution in [2.75, 3.05) is 16.8 Å². The standard InChI is InChI=1S/C22H24N2O4/c1-14(2)28-22(27)16-7-9-18(10-8-16)23-21(26)17-12-20(25)24(13-17)19-6-4-5-15(3)11-19/h4-11,14,17H,12-13H2,1-3H3,(H,23,26). The fourth-order valence-corrected chi connectivity index (χ4v) is 3.14. The summed E-state index contributed by atoms with van der Waals surface area (Å²) in [7, 11) is 0. The van der Waals surface area contributed by atoms with Gasteiger partial charge in [-0.1, -0.05) is 12.1 Å². The third-order valence-electron chi connectivity index (χ3n) is 4.54. The molecule has 0 spiro atoms. The van der Waals surface area contributed by atoms with Crippen molar-refractivity contribution in [3.63, 3.8) is 0 Å². The highest BCUT2D eigenvalue weighted by atomic mass is 16.5. The second-order valence-corrected chi connectivity index (χ2v) is 7.27. The van der Waals surface area contributed by atoms with Gasteiger partial charge in [-0.25, -0.2) is 4.79 Å². The lowest BCUT2D eigenvalue weighted by molar-refractivity contribution is -0.122. The predicted octanol–water partition coefficient (Wildman–Crippen LogP) is 3.55. The minimum Gasteiger partial charge on any atom is -0.459 e. The average Bonchev–Trinajstić information content (AvgIpc) is 3.03. The van der Waals surface area contributed by atoms with Crippen molar-refractivity contribution in [3.8, 4) is 0 Å². The number of ether oxygens (including phenoxy) is 1. The van der Waals surface area contributed by atoms with Crippen LogP contribution in [0.1, 0.15) is 36.2 Å². The number of hydrogen-bond donors (Lipinski definition) is 1. The van der Waals surface area contributed by atoms with Gasteiger partial charge in [0.05, 0.1) is 17.6 Å². The zero-order valence-corrected chi connectivity index (χ0v) is 16.3. The molecule has 2 aromatic rings. The third-order valence-corrected chi connectivity index (χ3v) is 4.54. The maximum atomic E-state index is 12.6. The van der Waals surface area contributed by atoms with E-state index >= 15 is 0 Å². The Labute approximate surface area is 164 Å². The van der Waals surface area contributed by atoms with Crippen LogP contribution in [-0.2, 0) is 14.3 Å². The van der Waals surface area contributed by atoms with Gasteiger partial charge in [0.15, 0.2) is 0 Å². The molecule has 0 aromatic heterocycles. The molecule has 146 valence electrons. The highest BCUT2D eigenvalue weighted by Crippen LogP contribution is 2.26. The Morgan fingerprint density at radius 2 is 1.86 bits per heavy atom. The zero-order chi connectivity index (χ0) is 20.3. The minimum atomic E-state index is -0.418. The van der Waals surface area contributed by atoms with Gasteiger partial charge in [0.1, 0.15) is 0 Å². The van der Waals surface area contributed by atoms with Crippen LogP contribution in [0, 0.1) is 12.8 Å². The van der Waals surface area contributed by atoms with Crippen LogP contribution in [0.5, 0.6) is 0 Å². The molecule has 1 N–H and O–H groups in total. The summed E-state index contributed by atoms with van der Waals surface area (Å²) in [5.74, 6) is -1.08. The first-order valence-electron chi connectivity index (χ1n) is 9.32. The Morgan fingerprint density at radius 3 is 2.50 bits per heavy atom. The number of amides is 2. The van der Waals surface area contributed by atoms with Crippen molar-refractivity contribution in [1.29, 1.82) is 0 Å². The Hall–Kier alpha value is -3.15. The van der Waals surface area contributed by atoms with Gasteiger partial charge < -0.3 is 15.0 Å². The normalized spacial score (nSPS) is 16.4. The number of anilines is 2. The van der Waals surface area contributed by atoms with Crippen LogP contribution in [0.4, 0.5) is 11.4 Å². The number of carbonyl (C=O) groups excluding carboxylic acids is 3. The summed E-state index contributed by atoms with van der Waals surface area (Å²) >= 11 is 0. The van der Waals surface area contributed by atoms with Gasteiger partial charge in [-0.3, -0.25) is 9.59 Å². The minimum absolute atomic E-state index is 0.0578. The van der Waals surface area contributed by atoms with Gasteiger partial charge in [0.25, 0.3) is 0 Å². The van der Waals surface area contributed by atoms with E-state index in [0.717, 1.165) is 11.3 Å². The molecule has 0 aliphatic carbocycles. The second-order valence-electron chi connectivity index (χ2n) is 7.27. The number of esters is 1. The fraction of sp³-hybridized carbons (Fsp3) is 0.318. The van der Waals surface area contributed by atoms with Gasteiger partial charge in [0, 0.05) is 24.3 Å². The van der Waals surface area contributed by atoms with E-state index < -0.39 is 11.9 Å². The molecule has 6 nitrogen and oxygen atoms in total. The predicted molar refractivity (Wildman–Crippen MR) is 107 cm³/mol. The van der Waals surface area contributed by atoms with E-state index in [0.29, 0.717) is 17.8 Å². The first-order chi connectivity index (χ1) is 13.3. The van der Waals surface area contributed by atoms with E-state index in [2.05, 4.69) is 5.32 Å². The molecule has 0 saturated carbocycles. The van der Waals surface area contributed by atoms with Gasteiger partial charge >= 0.3 is 5.97 Å². The van der Waals surface area contributed by atoms with E-state index in [-0.39, 0.29) is 24.3 Å². The van der Waals surface area contributed by atoms with Gasteiger partial charge in [0.2, 0.25) is 11.8 Å². The summed E-state index contributed by atoms with van der Waals surface area (Å²) in [5.41, 5.74) is 2.88. The fourth-order valence-electron chi connectivity index (χ4n) is 3.14. The number of hydrogen-bond acceptors (Lipinski definition) is 4. The van der Waals surface area contributed by atoms with Crippen molar-refractivity contribution in [2.24, 2.45) is 5.92 Å². The van der Waals surface area contributed by atoms with E-state index in [1.54, 1.807) is 43.0 Å². The summed E-state index contributed by atoms with van der Waals surface area (Å²) in [6, 6.07) is 14.2. The highest BCUT2D eigenvalue weighted by molar-refractivity contribution is 6.03. The molecule has 1 aliphatic rings. The van der Waals surface area contributed by atoms with Crippen LogP contribution in [-0.4, -0.2) is 30.4 Å². The number of carbonyl (C=O) groups is 3. The number of nitrogens with zero attached hydrogens (tertiary/aromatic N) is 1. The molecule has 2 amide bonds. The third kappa shape index (κ3) is 4.57. The maximum Gasteiger partial charge on any atom is 0.338 e. The smallest absolute Gasteiger partial charge is 0.338 e. The highest BCUT2D eigenvalue weighted by Gasteiger charge is 2.35. The molecule has 6 heteroatoms. The molecule has 0 radical (unpaired) electrons. The summed E-state index contributed by atoms with van der Waals surface area (Å²) in [4.78, 5) is 38.5. The quantitative estimate of drug-likeness (QED) is 0.805.